The average Bonchev–Trinajstić information content (AvgIpc) is 2.27. The van der Waals surface area contributed by atoms with Crippen LogP contribution in [-0.4, -0.2) is 55.2 Å². The molecule has 0 aromatic carbocycles. The molecule has 0 radical (unpaired) electrons. The zero-order valence-corrected chi connectivity index (χ0v) is 12.2. The van der Waals surface area contributed by atoms with E-state index in [1.54, 1.807) is 0 Å². The number of carboxylic acids is 3. The fourth-order valence-corrected chi connectivity index (χ4v) is 2.76. The van der Waals surface area contributed by atoms with Gasteiger partial charge in [-0.2, -0.15) is 0 Å². The predicted octanol–water partition coefficient (Wildman–Crippen LogP) is 1.68. The van der Waals surface area contributed by atoms with Crippen LogP contribution in [0.4, 0.5) is 0 Å². The van der Waals surface area contributed by atoms with E-state index >= 15 is 0 Å². The van der Waals surface area contributed by atoms with Crippen LogP contribution < -0.4 is 0 Å². The molecule has 0 aliphatic heterocycles. The topological polar surface area (TPSA) is 112 Å². The SMILES string of the molecule is O=C(O)C(C(=O)O)(C(=O)O)C(Cl)C(Cl)C(Cl)CCCl. The second kappa shape index (κ2) is 7.38. The van der Waals surface area contributed by atoms with Crippen LogP contribution in [0.2, 0.25) is 0 Å². The highest BCUT2D eigenvalue weighted by molar-refractivity contribution is 6.39. The molecule has 19 heavy (non-hydrogen) atoms. The number of carboxylic acid groups (broad SMARTS) is 3. The maximum Gasteiger partial charge on any atom is 0.334 e. The molecule has 3 atom stereocenters. The van der Waals surface area contributed by atoms with Gasteiger partial charge in [0.05, 0.1) is 16.1 Å². The molecule has 0 fully saturated rings. The molecular weight excluding hydrogens is 346 g/mol. The summed E-state index contributed by atoms with van der Waals surface area (Å²) in [5.41, 5.74) is -3.28. The Morgan fingerprint density at radius 2 is 1.32 bits per heavy atom. The lowest BCUT2D eigenvalue weighted by Gasteiger charge is -2.30. The van der Waals surface area contributed by atoms with Crippen molar-refractivity contribution >= 4 is 64.3 Å². The molecule has 0 amide bonds. The van der Waals surface area contributed by atoms with Gasteiger partial charge in [0.15, 0.2) is 0 Å². The standard InChI is InChI=1S/C9H10Cl4O6/c10-2-1-3(11)4(12)5(13)9(6(14)15,7(16)17)8(18)19/h3-5H,1-2H2,(H,14,15)(H,16,17)(H,18,19). The van der Waals surface area contributed by atoms with Crippen LogP contribution in [-0.2, 0) is 14.4 Å². The molecule has 6 nitrogen and oxygen atoms in total. The van der Waals surface area contributed by atoms with Gasteiger partial charge in [-0.05, 0) is 6.42 Å². The summed E-state index contributed by atoms with van der Waals surface area (Å²) in [5, 5.41) is 22.4. The lowest BCUT2D eigenvalue weighted by Crippen LogP contribution is -2.56. The molecule has 3 N–H and O–H groups in total. The molecule has 0 rings (SSSR count). The summed E-state index contributed by atoms with van der Waals surface area (Å²) in [6, 6.07) is 0. The third kappa shape index (κ3) is 3.56. The van der Waals surface area contributed by atoms with E-state index in [2.05, 4.69) is 0 Å². The Hall–Kier alpha value is -0.430. The van der Waals surface area contributed by atoms with E-state index in [-0.39, 0.29) is 12.3 Å². The van der Waals surface area contributed by atoms with E-state index in [1.165, 1.54) is 0 Å². The van der Waals surface area contributed by atoms with Crippen molar-refractivity contribution in [3.05, 3.63) is 0 Å². The Labute approximate surface area is 128 Å². The summed E-state index contributed by atoms with van der Waals surface area (Å²) in [6.07, 6.45) is 0.107. The fraction of sp³-hybridized carbons (Fsp3) is 0.667. The molecule has 0 saturated carbocycles. The number of hydrogen-bond acceptors (Lipinski definition) is 3. The second-order valence-electron chi connectivity index (χ2n) is 3.56. The zero-order valence-electron chi connectivity index (χ0n) is 9.22. The molecule has 0 heterocycles. The summed E-state index contributed by atoms with van der Waals surface area (Å²) in [4.78, 5) is 33.2. The van der Waals surface area contributed by atoms with Gasteiger partial charge in [-0.15, -0.1) is 46.4 Å². The first-order chi connectivity index (χ1) is 8.63. The Balaban J connectivity index is 5.57. The smallest absolute Gasteiger partial charge is 0.334 e. The minimum Gasteiger partial charge on any atom is -0.480 e. The Kier molecular flexibility index (Phi) is 7.21. The summed E-state index contributed by atoms with van der Waals surface area (Å²) in [5.74, 6) is -6.32. The summed E-state index contributed by atoms with van der Waals surface area (Å²) in [6.45, 7) is 0. The predicted molar refractivity (Wildman–Crippen MR) is 69.6 cm³/mol. The van der Waals surface area contributed by atoms with Gasteiger partial charge < -0.3 is 15.3 Å². The van der Waals surface area contributed by atoms with E-state index in [0.717, 1.165) is 0 Å². The monoisotopic (exact) mass is 354 g/mol. The van der Waals surface area contributed by atoms with Crippen LogP contribution in [0.15, 0.2) is 0 Å². The van der Waals surface area contributed by atoms with Crippen molar-refractivity contribution in [2.24, 2.45) is 5.41 Å². The minimum absolute atomic E-state index is 0.0706. The van der Waals surface area contributed by atoms with Crippen LogP contribution in [0.3, 0.4) is 0 Å². The van der Waals surface area contributed by atoms with Gasteiger partial charge in [0, 0.05) is 5.88 Å². The number of rotatable bonds is 8. The fourth-order valence-electron chi connectivity index (χ4n) is 1.31. The van der Waals surface area contributed by atoms with E-state index < -0.39 is 39.5 Å². The highest BCUT2D eigenvalue weighted by Crippen LogP contribution is 2.36. The molecule has 0 saturated heterocycles. The normalized spacial score (nSPS) is 16.4. The molecule has 0 spiro atoms. The summed E-state index contributed by atoms with van der Waals surface area (Å²) in [7, 11) is 0. The van der Waals surface area contributed by atoms with Crippen LogP contribution >= 0.6 is 46.4 Å². The largest absolute Gasteiger partial charge is 0.480 e. The highest BCUT2D eigenvalue weighted by Gasteiger charge is 2.62. The first-order valence-corrected chi connectivity index (χ1v) is 6.66. The maximum atomic E-state index is 11.1. The van der Waals surface area contributed by atoms with Gasteiger partial charge in [-0.25, -0.2) is 0 Å². The van der Waals surface area contributed by atoms with Crippen molar-refractivity contribution in [3.8, 4) is 0 Å². The van der Waals surface area contributed by atoms with Gasteiger partial charge in [0.1, 0.15) is 0 Å². The average molecular weight is 356 g/mol. The molecular formula is C9H10Cl4O6. The van der Waals surface area contributed by atoms with E-state index in [4.69, 9.17) is 61.7 Å². The van der Waals surface area contributed by atoms with Crippen LogP contribution in [0.1, 0.15) is 6.42 Å². The highest BCUT2D eigenvalue weighted by atomic mass is 35.5. The molecule has 0 bridgehead atoms. The van der Waals surface area contributed by atoms with Gasteiger partial charge >= 0.3 is 17.9 Å². The van der Waals surface area contributed by atoms with Gasteiger partial charge in [-0.3, -0.25) is 14.4 Å². The Morgan fingerprint density at radius 1 is 0.947 bits per heavy atom. The minimum atomic E-state index is -3.28. The van der Waals surface area contributed by atoms with E-state index in [1.807, 2.05) is 0 Å². The quantitative estimate of drug-likeness (QED) is 0.451. The lowest BCUT2D eigenvalue weighted by molar-refractivity contribution is -0.175. The first-order valence-electron chi connectivity index (χ1n) is 4.82. The molecule has 110 valence electrons. The molecule has 0 aromatic heterocycles. The van der Waals surface area contributed by atoms with Crippen LogP contribution in [0, 0.1) is 5.41 Å². The Bertz CT molecular complexity index is 338. The van der Waals surface area contributed by atoms with E-state index in [9.17, 15) is 14.4 Å². The third-order valence-corrected chi connectivity index (χ3v) is 4.56. The molecule has 0 aliphatic rings. The van der Waals surface area contributed by atoms with Crippen molar-refractivity contribution in [2.45, 2.75) is 22.6 Å². The van der Waals surface area contributed by atoms with Crippen molar-refractivity contribution in [3.63, 3.8) is 0 Å². The lowest BCUT2D eigenvalue weighted by atomic mass is 9.81. The summed E-state index contributed by atoms with van der Waals surface area (Å²) >= 11 is 22.6. The van der Waals surface area contributed by atoms with Crippen molar-refractivity contribution in [2.75, 3.05) is 5.88 Å². The Morgan fingerprint density at radius 3 is 1.58 bits per heavy atom. The van der Waals surface area contributed by atoms with Gasteiger partial charge in [0.25, 0.3) is 5.41 Å². The molecule has 10 heteroatoms. The number of aliphatic carboxylic acids is 3. The zero-order chi connectivity index (χ0) is 15.4. The molecule has 0 aliphatic carbocycles. The van der Waals surface area contributed by atoms with Gasteiger partial charge in [0.2, 0.25) is 0 Å². The van der Waals surface area contributed by atoms with E-state index in [0.29, 0.717) is 0 Å². The third-order valence-electron chi connectivity index (χ3n) is 2.44. The van der Waals surface area contributed by atoms with Crippen molar-refractivity contribution < 1.29 is 29.7 Å². The van der Waals surface area contributed by atoms with Crippen molar-refractivity contribution in [1.29, 1.82) is 0 Å². The molecule has 0 aromatic rings. The second-order valence-corrected chi connectivity index (χ2v) is 5.48. The first kappa shape index (κ1) is 18.6. The number of carbonyl (C=O) groups is 3. The van der Waals surface area contributed by atoms with Crippen molar-refractivity contribution in [1.82, 2.24) is 0 Å². The molecule has 3 unspecified atom stereocenters. The summed E-state index contributed by atoms with van der Waals surface area (Å²) < 4.78 is 0. The number of alkyl halides is 4. The van der Waals surface area contributed by atoms with Crippen LogP contribution in [0.25, 0.3) is 0 Å². The number of hydrogen-bond donors (Lipinski definition) is 3. The number of halogens is 4. The van der Waals surface area contributed by atoms with Crippen LogP contribution in [0.5, 0.6) is 0 Å². The van der Waals surface area contributed by atoms with Gasteiger partial charge in [-0.1, -0.05) is 0 Å². The maximum absolute atomic E-state index is 11.1.